The maximum Gasteiger partial charge on any atom is 0.423 e. The van der Waals surface area contributed by atoms with Crippen LogP contribution < -0.4 is 9.64 Å². The first kappa shape index (κ1) is 33.0. The van der Waals surface area contributed by atoms with Gasteiger partial charge in [0.2, 0.25) is 17.6 Å². The normalized spacial score (nSPS) is 29.9. The second-order valence-electron chi connectivity index (χ2n) is 11.2. The van der Waals surface area contributed by atoms with Gasteiger partial charge < -0.3 is 14.6 Å². The second-order valence-corrected chi connectivity index (χ2v) is 12.9. The van der Waals surface area contributed by atoms with Crippen molar-refractivity contribution in [2.75, 3.05) is 19.1 Å². The molecule has 6 rings (SSSR count). The van der Waals surface area contributed by atoms with Gasteiger partial charge in [-0.3, -0.25) is 19.2 Å². The number of amides is 5. The summed E-state index contributed by atoms with van der Waals surface area (Å²) in [6.45, 7) is 0. The molecule has 2 aliphatic carbocycles. The van der Waals surface area contributed by atoms with Gasteiger partial charge in [-0.15, -0.1) is 23.2 Å². The molecule has 0 spiro atoms. The first-order chi connectivity index (χ1) is 22.0. The lowest BCUT2D eigenvalue weighted by Gasteiger charge is -2.50. The van der Waals surface area contributed by atoms with Crippen LogP contribution in [0.2, 0.25) is 5.02 Å². The monoisotopic (exact) mass is 722 g/mol. The largest absolute Gasteiger partial charge is 0.503 e. The van der Waals surface area contributed by atoms with E-state index in [1.807, 2.05) is 0 Å². The van der Waals surface area contributed by atoms with Crippen molar-refractivity contribution in [3.8, 4) is 11.5 Å². The van der Waals surface area contributed by atoms with Crippen LogP contribution in [0.25, 0.3) is 0 Å². The number of rotatable bonds is 3. The van der Waals surface area contributed by atoms with E-state index in [9.17, 15) is 42.3 Å². The number of methoxy groups -OCH3 is 2. The van der Waals surface area contributed by atoms with Gasteiger partial charge >= 0.3 is 6.09 Å². The number of aromatic hydroxyl groups is 1. The number of hydrogen-bond acceptors (Lipinski definition) is 8. The number of anilines is 1. The molecule has 2 heterocycles. The number of likely N-dealkylation sites (tertiary alicyclic amines) is 1. The van der Waals surface area contributed by atoms with Gasteiger partial charge in [0.05, 0.1) is 31.1 Å². The molecule has 1 saturated carbocycles. The molecule has 18 heteroatoms. The summed E-state index contributed by atoms with van der Waals surface area (Å²) in [5.74, 6) is -24.3. The number of alkyl halides is 2. The summed E-state index contributed by atoms with van der Waals surface area (Å²) in [6, 6.07) is 2.24. The summed E-state index contributed by atoms with van der Waals surface area (Å²) in [4.78, 5) is 61.9. The average molecular weight is 724 g/mol. The van der Waals surface area contributed by atoms with Crippen molar-refractivity contribution >= 4 is 70.2 Å². The Morgan fingerprint density at radius 2 is 1.51 bits per heavy atom. The fourth-order valence-corrected chi connectivity index (χ4v) is 8.28. The molecule has 47 heavy (non-hydrogen) atoms. The highest BCUT2D eigenvalue weighted by atomic mass is 35.5. The van der Waals surface area contributed by atoms with Gasteiger partial charge in [0.15, 0.2) is 44.5 Å². The summed E-state index contributed by atoms with van der Waals surface area (Å²) < 4.78 is 82.5. The maximum atomic E-state index is 15.1. The van der Waals surface area contributed by atoms with E-state index in [-0.39, 0.29) is 38.1 Å². The Morgan fingerprint density at radius 3 is 2.09 bits per heavy atom. The number of phenols is 1. The van der Waals surface area contributed by atoms with Crippen LogP contribution in [-0.2, 0) is 23.9 Å². The number of halogens is 8. The van der Waals surface area contributed by atoms with Crippen LogP contribution in [0.3, 0.4) is 0 Å². The van der Waals surface area contributed by atoms with Crippen molar-refractivity contribution in [2.24, 2.45) is 17.8 Å². The molecular weight excluding hydrogens is 706 g/mol. The van der Waals surface area contributed by atoms with Crippen molar-refractivity contribution in [1.82, 2.24) is 4.90 Å². The van der Waals surface area contributed by atoms with Crippen molar-refractivity contribution in [3.05, 3.63) is 63.5 Å². The van der Waals surface area contributed by atoms with Gasteiger partial charge in [-0.25, -0.2) is 31.6 Å². The Labute approximate surface area is 275 Å². The number of allylic oxidation sites excluding steroid dienone is 2. The van der Waals surface area contributed by atoms with Crippen molar-refractivity contribution < 1.29 is 60.5 Å². The highest BCUT2D eigenvalue weighted by molar-refractivity contribution is 6.58. The van der Waals surface area contributed by atoms with E-state index in [0.717, 1.165) is 26.4 Å². The predicted molar refractivity (Wildman–Crippen MR) is 150 cm³/mol. The van der Waals surface area contributed by atoms with Crippen LogP contribution >= 0.6 is 34.8 Å². The lowest BCUT2D eigenvalue weighted by atomic mass is 9.56. The lowest BCUT2D eigenvalue weighted by molar-refractivity contribution is -0.138. The Bertz CT molecular complexity index is 1870. The number of hydrogen-bond donors (Lipinski definition) is 1. The van der Waals surface area contributed by atoms with Gasteiger partial charge in [-0.2, -0.15) is 4.90 Å². The van der Waals surface area contributed by atoms with Crippen molar-refractivity contribution in [1.29, 1.82) is 0 Å². The number of ether oxygens (including phenoxy) is 2. The maximum absolute atomic E-state index is 15.1. The van der Waals surface area contributed by atoms with Crippen LogP contribution in [0.4, 0.5) is 32.4 Å². The summed E-state index contributed by atoms with van der Waals surface area (Å²) in [6.07, 6.45) is -0.876. The molecule has 2 aliphatic heterocycles. The molecule has 0 aromatic heterocycles. The van der Waals surface area contributed by atoms with Crippen LogP contribution in [0.5, 0.6) is 11.5 Å². The SMILES string of the molecule is COC(=O)N1C(=O)C2CC=C3C(CC4(Cl)C(=O)N(c5c(F)c(F)c(F)c(F)c5F)C(=O)C4(Cl)C3c3cc(Cl)c(O)c(OC)c3)C2C1=O. The first-order valence-electron chi connectivity index (χ1n) is 13.5. The third-order valence-corrected chi connectivity index (χ3v) is 10.9. The van der Waals surface area contributed by atoms with Gasteiger partial charge in [-0.05, 0) is 36.5 Å². The van der Waals surface area contributed by atoms with Crippen molar-refractivity contribution in [2.45, 2.75) is 28.5 Å². The van der Waals surface area contributed by atoms with E-state index in [4.69, 9.17) is 39.5 Å². The predicted octanol–water partition coefficient (Wildman–Crippen LogP) is 5.08. The quantitative estimate of drug-likeness (QED) is 0.116. The molecule has 0 radical (unpaired) electrons. The Balaban J connectivity index is 1.62. The molecule has 10 nitrogen and oxygen atoms in total. The second kappa shape index (κ2) is 10.8. The van der Waals surface area contributed by atoms with Crippen LogP contribution in [0.15, 0.2) is 23.8 Å². The van der Waals surface area contributed by atoms with E-state index in [0.29, 0.717) is 0 Å². The summed E-state index contributed by atoms with van der Waals surface area (Å²) in [5, 5.41) is 10.0. The number of benzene rings is 2. The van der Waals surface area contributed by atoms with Gasteiger partial charge in [-0.1, -0.05) is 23.3 Å². The van der Waals surface area contributed by atoms with Gasteiger partial charge in [0, 0.05) is 5.92 Å². The van der Waals surface area contributed by atoms with Crippen LogP contribution in [0, 0.1) is 46.8 Å². The van der Waals surface area contributed by atoms with Gasteiger partial charge in [0.1, 0.15) is 5.69 Å². The Morgan fingerprint density at radius 1 is 0.915 bits per heavy atom. The standard InChI is InChI=1S/C29H18Cl3F5N2O8/c1-46-13-6-8(5-12(30)22(13)40)15-9-3-4-10-14(24(42)39(23(10)41)27(45)47-2)11(9)7-28(31)25(43)38(26(44)29(15,28)32)21-19(36)17(34)16(33)18(35)20(21)37/h3,5-6,10-11,14-15,40H,4,7H2,1-2H3. The minimum absolute atomic E-state index is 0.0922. The highest BCUT2D eigenvalue weighted by Gasteiger charge is 2.77. The number of carbonyl (C=O) groups excluding carboxylic acids is 5. The molecule has 248 valence electrons. The number of phenolic OH excluding ortho intramolecular Hbond substituents is 1. The number of nitrogens with zero attached hydrogens (tertiary/aromatic N) is 2. The van der Waals surface area contributed by atoms with E-state index in [1.165, 1.54) is 6.08 Å². The van der Waals surface area contributed by atoms with E-state index >= 15 is 8.78 Å². The zero-order chi connectivity index (χ0) is 34.7. The smallest absolute Gasteiger partial charge is 0.423 e. The van der Waals surface area contributed by atoms with Crippen molar-refractivity contribution in [3.63, 3.8) is 0 Å². The third-order valence-electron chi connectivity index (χ3n) is 9.18. The molecule has 0 bridgehead atoms. The molecule has 2 aromatic carbocycles. The molecule has 2 saturated heterocycles. The molecule has 4 aliphatic rings. The molecule has 5 amide bonds. The molecule has 2 aromatic rings. The number of imide groups is 4. The van der Waals surface area contributed by atoms with E-state index < -0.39 is 110 Å². The minimum Gasteiger partial charge on any atom is -0.503 e. The molecule has 1 N–H and O–H groups in total. The summed E-state index contributed by atoms with van der Waals surface area (Å²) >= 11 is 20.2. The number of carbonyl (C=O) groups is 5. The van der Waals surface area contributed by atoms with Gasteiger partial charge in [0.25, 0.3) is 11.8 Å². The Kier molecular flexibility index (Phi) is 7.57. The van der Waals surface area contributed by atoms with E-state index in [1.54, 1.807) is 0 Å². The first-order valence-corrected chi connectivity index (χ1v) is 14.6. The Hall–Kier alpha value is -3.95. The fraction of sp³-hybridized carbons (Fsp3) is 0.345. The molecule has 6 unspecified atom stereocenters. The van der Waals surface area contributed by atoms with E-state index in [2.05, 4.69) is 4.74 Å². The lowest BCUT2D eigenvalue weighted by Crippen LogP contribution is -2.60. The number of fused-ring (bicyclic) bond motifs is 4. The zero-order valence-electron chi connectivity index (χ0n) is 23.7. The summed E-state index contributed by atoms with van der Waals surface area (Å²) in [7, 11) is 2.07. The molecular formula is C29H18Cl3F5N2O8. The summed E-state index contributed by atoms with van der Waals surface area (Å²) in [5.41, 5.74) is -1.94. The molecule has 3 fully saturated rings. The average Bonchev–Trinajstić information content (AvgIpc) is 3.38. The minimum atomic E-state index is -2.82. The highest BCUT2D eigenvalue weighted by Crippen LogP contribution is 2.66. The topological polar surface area (TPSA) is 131 Å². The van der Waals surface area contributed by atoms with Crippen LogP contribution in [0.1, 0.15) is 24.3 Å². The zero-order valence-corrected chi connectivity index (χ0v) is 25.9. The van der Waals surface area contributed by atoms with Crippen LogP contribution in [-0.4, -0.2) is 63.7 Å². The molecule has 6 atom stereocenters. The third kappa shape index (κ3) is 4.05. The fourth-order valence-electron chi connectivity index (χ4n) is 7.13.